The van der Waals surface area contributed by atoms with E-state index in [2.05, 4.69) is 30.1 Å². The monoisotopic (exact) mass is 278 g/mol. The zero-order valence-corrected chi connectivity index (χ0v) is 13.0. The van der Waals surface area contributed by atoms with Crippen LogP contribution in [0.5, 0.6) is 11.5 Å². The molecule has 1 fully saturated rings. The highest BCUT2D eigenvalue weighted by Crippen LogP contribution is 2.33. The Labute approximate surface area is 122 Å². The van der Waals surface area contributed by atoms with Crippen molar-refractivity contribution in [2.75, 3.05) is 32.2 Å². The first-order valence-corrected chi connectivity index (χ1v) is 7.37. The first-order valence-electron chi connectivity index (χ1n) is 7.37. The molecule has 1 atom stereocenters. The van der Waals surface area contributed by atoms with Crippen molar-refractivity contribution in [3.8, 4) is 11.5 Å². The third-order valence-electron chi connectivity index (χ3n) is 3.72. The highest BCUT2D eigenvalue weighted by molar-refractivity contribution is 5.61. The van der Waals surface area contributed by atoms with Crippen molar-refractivity contribution < 1.29 is 9.47 Å². The van der Waals surface area contributed by atoms with Crippen LogP contribution in [0.2, 0.25) is 0 Å². The van der Waals surface area contributed by atoms with Crippen LogP contribution >= 0.6 is 0 Å². The van der Waals surface area contributed by atoms with E-state index in [4.69, 9.17) is 9.47 Å². The number of hydrogen-bond acceptors (Lipinski definition) is 4. The molecule has 1 heterocycles. The van der Waals surface area contributed by atoms with E-state index < -0.39 is 0 Å². The molecular weight excluding hydrogens is 252 g/mol. The molecule has 1 aliphatic rings. The lowest BCUT2D eigenvalue weighted by Gasteiger charge is -2.36. The average Bonchev–Trinajstić information content (AvgIpc) is 2.46. The molecule has 0 amide bonds. The summed E-state index contributed by atoms with van der Waals surface area (Å²) in [7, 11) is 3.39. The van der Waals surface area contributed by atoms with Gasteiger partial charge in [0.25, 0.3) is 0 Å². The van der Waals surface area contributed by atoms with Crippen molar-refractivity contribution in [2.45, 2.75) is 38.8 Å². The molecule has 1 unspecified atom stereocenters. The molecule has 0 radical (unpaired) electrons. The van der Waals surface area contributed by atoms with Crippen molar-refractivity contribution in [2.24, 2.45) is 0 Å². The number of piperidine rings is 1. The largest absolute Gasteiger partial charge is 0.497 e. The summed E-state index contributed by atoms with van der Waals surface area (Å²) in [5.41, 5.74) is 1.16. The molecule has 1 N–H and O–H groups in total. The quantitative estimate of drug-likeness (QED) is 0.898. The second kappa shape index (κ2) is 6.84. The van der Waals surface area contributed by atoms with E-state index in [1.807, 2.05) is 12.1 Å². The summed E-state index contributed by atoms with van der Waals surface area (Å²) in [6.07, 6.45) is 2.45. The minimum atomic E-state index is 0.526. The van der Waals surface area contributed by atoms with Crippen LogP contribution in [-0.4, -0.2) is 39.4 Å². The van der Waals surface area contributed by atoms with E-state index in [-0.39, 0.29) is 0 Å². The molecule has 0 aliphatic carbocycles. The molecule has 4 nitrogen and oxygen atoms in total. The van der Waals surface area contributed by atoms with Crippen molar-refractivity contribution in [3.05, 3.63) is 18.2 Å². The fourth-order valence-corrected chi connectivity index (χ4v) is 2.85. The molecule has 1 aromatic carbocycles. The van der Waals surface area contributed by atoms with Gasteiger partial charge in [-0.2, -0.15) is 0 Å². The third kappa shape index (κ3) is 3.57. The van der Waals surface area contributed by atoms with Gasteiger partial charge in [-0.3, -0.25) is 0 Å². The topological polar surface area (TPSA) is 33.7 Å². The van der Waals surface area contributed by atoms with Crippen molar-refractivity contribution in [1.29, 1.82) is 0 Å². The second-order valence-corrected chi connectivity index (χ2v) is 5.64. The Hall–Kier alpha value is -1.42. The molecule has 1 aromatic rings. The molecule has 112 valence electrons. The van der Waals surface area contributed by atoms with Crippen LogP contribution in [0, 0.1) is 0 Å². The fourth-order valence-electron chi connectivity index (χ4n) is 2.85. The van der Waals surface area contributed by atoms with E-state index >= 15 is 0 Å². The van der Waals surface area contributed by atoms with Crippen LogP contribution in [0.15, 0.2) is 18.2 Å². The van der Waals surface area contributed by atoms with Crippen molar-refractivity contribution >= 4 is 5.69 Å². The van der Waals surface area contributed by atoms with Gasteiger partial charge in [0.15, 0.2) is 0 Å². The maximum atomic E-state index is 5.52. The van der Waals surface area contributed by atoms with Crippen molar-refractivity contribution in [1.82, 2.24) is 5.32 Å². The molecule has 1 aliphatic heterocycles. The molecule has 4 heteroatoms. The standard InChI is InChI=1S/C16H26N2O2/c1-12(2)17-13-6-5-9-18(11-13)15-8-7-14(19-3)10-16(15)20-4/h7-8,10,12-13,17H,5-6,9,11H2,1-4H3. The van der Waals surface area contributed by atoms with Crippen molar-refractivity contribution in [3.63, 3.8) is 0 Å². The van der Waals surface area contributed by atoms with E-state index in [0.29, 0.717) is 12.1 Å². The molecule has 20 heavy (non-hydrogen) atoms. The zero-order valence-electron chi connectivity index (χ0n) is 13.0. The number of ether oxygens (including phenoxy) is 2. The number of nitrogens with one attached hydrogen (secondary N) is 1. The third-order valence-corrected chi connectivity index (χ3v) is 3.72. The van der Waals surface area contributed by atoms with Gasteiger partial charge >= 0.3 is 0 Å². The highest BCUT2D eigenvalue weighted by atomic mass is 16.5. The van der Waals surface area contributed by atoms with Gasteiger partial charge in [0.2, 0.25) is 0 Å². The zero-order chi connectivity index (χ0) is 14.5. The highest BCUT2D eigenvalue weighted by Gasteiger charge is 2.22. The van der Waals surface area contributed by atoms with Crippen LogP contribution < -0.4 is 19.7 Å². The van der Waals surface area contributed by atoms with Gasteiger partial charge in [0, 0.05) is 31.2 Å². The smallest absolute Gasteiger partial charge is 0.145 e. The summed E-state index contributed by atoms with van der Waals surface area (Å²) >= 11 is 0. The Morgan fingerprint density at radius 1 is 1.25 bits per heavy atom. The van der Waals surface area contributed by atoms with Gasteiger partial charge in [0.05, 0.1) is 19.9 Å². The van der Waals surface area contributed by atoms with E-state index in [0.717, 1.165) is 30.3 Å². The summed E-state index contributed by atoms with van der Waals surface area (Å²) < 4.78 is 10.8. The summed E-state index contributed by atoms with van der Waals surface area (Å²) in [6.45, 7) is 6.51. The minimum Gasteiger partial charge on any atom is -0.497 e. The average molecular weight is 278 g/mol. The SMILES string of the molecule is COc1ccc(N2CCCC(NC(C)C)C2)c(OC)c1. The van der Waals surface area contributed by atoms with Gasteiger partial charge in [-0.25, -0.2) is 0 Å². The van der Waals surface area contributed by atoms with Gasteiger partial charge in [-0.1, -0.05) is 13.8 Å². The summed E-state index contributed by atoms with van der Waals surface area (Å²) in [4.78, 5) is 2.40. The van der Waals surface area contributed by atoms with Crippen LogP contribution in [0.25, 0.3) is 0 Å². The Balaban J connectivity index is 2.13. The minimum absolute atomic E-state index is 0.526. The maximum absolute atomic E-state index is 5.52. The number of nitrogens with zero attached hydrogens (tertiary/aromatic N) is 1. The Kier molecular flexibility index (Phi) is 5.12. The Morgan fingerprint density at radius 3 is 2.70 bits per heavy atom. The molecule has 0 aromatic heterocycles. The Morgan fingerprint density at radius 2 is 2.05 bits per heavy atom. The van der Waals surface area contributed by atoms with E-state index in [1.165, 1.54) is 12.8 Å². The molecule has 1 saturated heterocycles. The first kappa shape index (κ1) is 15.0. The van der Waals surface area contributed by atoms with Gasteiger partial charge in [-0.15, -0.1) is 0 Å². The first-order chi connectivity index (χ1) is 9.63. The van der Waals surface area contributed by atoms with Gasteiger partial charge < -0.3 is 19.7 Å². The number of benzene rings is 1. The van der Waals surface area contributed by atoms with Gasteiger partial charge in [-0.05, 0) is 25.0 Å². The van der Waals surface area contributed by atoms with E-state index in [1.54, 1.807) is 14.2 Å². The predicted octanol–water partition coefficient (Wildman–Crippen LogP) is 2.67. The van der Waals surface area contributed by atoms with E-state index in [9.17, 15) is 0 Å². The Bertz CT molecular complexity index is 434. The van der Waals surface area contributed by atoms with Crippen LogP contribution in [0.4, 0.5) is 5.69 Å². The lowest BCUT2D eigenvalue weighted by atomic mass is 10.0. The summed E-state index contributed by atoms with van der Waals surface area (Å²) in [5, 5.41) is 3.63. The molecule has 0 saturated carbocycles. The van der Waals surface area contributed by atoms with Crippen LogP contribution in [-0.2, 0) is 0 Å². The lowest BCUT2D eigenvalue weighted by molar-refractivity contribution is 0.380. The maximum Gasteiger partial charge on any atom is 0.145 e. The van der Waals surface area contributed by atoms with Gasteiger partial charge in [0.1, 0.15) is 11.5 Å². The molecular formula is C16H26N2O2. The van der Waals surface area contributed by atoms with Crippen LogP contribution in [0.3, 0.4) is 0 Å². The second-order valence-electron chi connectivity index (χ2n) is 5.64. The predicted molar refractivity (Wildman–Crippen MR) is 83.1 cm³/mol. The number of methoxy groups -OCH3 is 2. The molecule has 0 spiro atoms. The lowest BCUT2D eigenvalue weighted by Crippen LogP contribution is -2.48. The number of hydrogen-bond donors (Lipinski definition) is 1. The summed E-state index contributed by atoms with van der Waals surface area (Å²) in [5.74, 6) is 1.72. The normalized spacial score (nSPS) is 19.2. The molecule has 0 bridgehead atoms. The number of anilines is 1. The number of rotatable bonds is 5. The van der Waals surface area contributed by atoms with Crippen LogP contribution in [0.1, 0.15) is 26.7 Å². The molecule has 2 rings (SSSR count). The summed E-state index contributed by atoms with van der Waals surface area (Å²) in [6, 6.07) is 7.12. The fraction of sp³-hybridized carbons (Fsp3) is 0.625.